The maximum absolute atomic E-state index is 11.5. The Morgan fingerprint density at radius 1 is 1.29 bits per heavy atom. The van der Waals surface area contributed by atoms with E-state index in [1.54, 1.807) is 24.3 Å². The summed E-state index contributed by atoms with van der Waals surface area (Å²) in [5, 5.41) is 7.19. The molecule has 0 saturated carbocycles. The number of amides is 1. The SMILES string of the molecule is Cc1ccc(S(=O)(=O)CCN)cc1.NC(=O)O. The van der Waals surface area contributed by atoms with E-state index in [0.29, 0.717) is 4.90 Å². The maximum atomic E-state index is 11.5. The van der Waals surface area contributed by atoms with Gasteiger partial charge in [-0.3, -0.25) is 0 Å². The molecule has 7 heteroatoms. The maximum Gasteiger partial charge on any atom is 0.402 e. The van der Waals surface area contributed by atoms with Gasteiger partial charge >= 0.3 is 6.09 Å². The molecule has 0 aromatic heterocycles. The molecule has 1 amide bonds. The Bertz CT molecular complexity index is 450. The number of sulfone groups is 1. The van der Waals surface area contributed by atoms with E-state index < -0.39 is 15.9 Å². The van der Waals surface area contributed by atoms with Gasteiger partial charge in [-0.15, -0.1) is 0 Å². The fourth-order valence-corrected chi connectivity index (χ4v) is 2.12. The summed E-state index contributed by atoms with van der Waals surface area (Å²) in [4.78, 5) is 9.13. The molecule has 17 heavy (non-hydrogen) atoms. The molecule has 0 aliphatic carbocycles. The molecule has 0 aliphatic rings. The van der Waals surface area contributed by atoms with Crippen molar-refractivity contribution in [2.24, 2.45) is 11.5 Å². The third kappa shape index (κ3) is 6.54. The van der Waals surface area contributed by atoms with Crippen LogP contribution in [0.25, 0.3) is 0 Å². The van der Waals surface area contributed by atoms with E-state index in [0.717, 1.165) is 5.56 Å². The van der Waals surface area contributed by atoms with E-state index in [-0.39, 0.29) is 12.3 Å². The van der Waals surface area contributed by atoms with Crippen molar-refractivity contribution in [1.82, 2.24) is 0 Å². The minimum Gasteiger partial charge on any atom is -0.465 e. The van der Waals surface area contributed by atoms with Crippen LogP contribution in [0.1, 0.15) is 5.56 Å². The zero-order valence-corrected chi connectivity index (χ0v) is 10.3. The zero-order valence-electron chi connectivity index (χ0n) is 9.46. The third-order valence-corrected chi connectivity index (χ3v) is 3.53. The monoisotopic (exact) mass is 260 g/mol. The summed E-state index contributed by atoms with van der Waals surface area (Å²) in [6.07, 6.45) is -1.33. The molecular formula is C10H16N2O4S. The molecular weight excluding hydrogens is 244 g/mol. The van der Waals surface area contributed by atoms with Crippen molar-refractivity contribution in [1.29, 1.82) is 0 Å². The van der Waals surface area contributed by atoms with Crippen LogP contribution in [0.4, 0.5) is 4.79 Å². The molecule has 0 atom stereocenters. The molecule has 0 heterocycles. The summed E-state index contributed by atoms with van der Waals surface area (Å²) in [6.45, 7) is 2.08. The predicted molar refractivity (Wildman–Crippen MR) is 64.5 cm³/mol. The fourth-order valence-electron chi connectivity index (χ4n) is 1.02. The summed E-state index contributed by atoms with van der Waals surface area (Å²) in [6, 6.07) is 6.79. The first-order chi connectivity index (χ1) is 7.79. The summed E-state index contributed by atoms with van der Waals surface area (Å²) in [5.74, 6) is 0.00998. The van der Waals surface area contributed by atoms with E-state index in [1.807, 2.05) is 6.92 Å². The van der Waals surface area contributed by atoms with Crippen molar-refractivity contribution in [3.63, 3.8) is 0 Å². The molecule has 6 nitrogen and oxygen atoms in total. The largest absolute Gasteiger partial charge is 0.465 e. The number of hydrogen-bond acceptors (Lipinski definition) is 4. The molecule has 1 aromatic rings. The van der Waals surface area contributed by atoms with Gasteiger partial charge in [0.1, 0.15) is 0 Å². The van der Waals surface area contributed by atoms with E-state index >= 15 is 0 Å². The average molecular weight is 260 g/mol. The lowest BCUT2D eigenvalue weighted by atomic mass is 10.2. The van der Waals surface area contributed by atoms with Gasteiger partial charge in [-0.1, -0.05) is 17.7 Å². The number of hydrogen-bond donors (Lipinski definition) is 3. The van der Waals surface area contributed by atoms with Gasteiger partial charge in [0.15, 0.2) is 9.84 Å². The van der Waals surface area contributed by atoms with Crippen LogP contribution in [-0.2, 0) is 9.84 Å². The minimum atomic E-state index is -3.15. The third-order valence-electron chi connectivity index (χ3n) is 1.77. The van der Waals surface area contributed by atoms with E-state index in [4.69, 9.17) is 15.6 Å². The second-order valence-electron chi connectivity index (χ2n) is 3.26. The quantitative estimate of drug-likeness (QED) is 0.723. The van der Waals surface area contributed by atoms with E-state index in [2.05, 4.69) is 5.73 Å². The summed E-state index contributed by atoms with van der Waals surface area (Å²) < 4.78 is 22.9. The van der Waals surface area contributed by atoms with Gasteiger partial charge in [-0.2, -0.15) is 0 Å². The van der Waals surface area contributed by atoms with Gasteiger partial charge in [0.05, 0.1) is 10.6 Å². The Balaban J connectivity index is 0.000000557. The lowest BCUT2D eigenvalue weighted by molar-refractivity contribution is 0.205. The highest BCUT2D eigenvalue weighted by molar-refractivity contribution is 7.91. The molecule has 5 N–H and O–H groups in total. The zero-order chi connectivity index (χ0) is 13.5. The molecule has 96 valence electrons. The van der Waals surface area contributed by atoms with Crippen LogP contribution >= 0.6 is 0 Å². The Morgan fingerprint density at radius 3 is 2.06 bits per heavy atom. The van der Waals surface area contributed by atoms with Crippen LogP contribution in [-0.4, -0.2) is 31.9 Å². The van der Waals surface area contributed by atoms with Crippen LogP contribution in [0, 0.1) is 6.92 Å². The fraction of sp³-hybridized carbons (Fsp3) is 0.300. The normalized spacial score (nSPS) is 10.2. The number of aryl methyl sites for hydroxylation is 1. The van der Waals surface area contributed by atoms with Crippen molar-refractivity contribution in [2.75, 3.05) is 12.3 Å². The van der Waals surface area contributed by atoms with Crippen LogP contribution in [0.3, 0.4) is 0 Å². The second-order valence-corrected chi connectivity index (χ2v) is 5.37. The summed E-state index contributed by atoms with van der Waals surface area (Å²) in [7, 11) is -3.15. The smallest absolute Gasteiger partial charge is 0.402 e. The van der Waals surface area contributed by atoms with Crippen LogP contribution in [0.15, 0.2) is 29.2 Å². The molecule has 0 fully saturated rings. The van der Waals surface area contributed by atoms with Gasteiger partial charge < -0.3 is 16.6 Å². The number of primary amides is 1. The van der Waals surface area contributed by atoms with Crippen molar-refractivity contribution < 1.29 is 18.3 Å². The number of carboxylic acid groups (broad SMARTS) is 1. The Morgan fingerprint density at radius 2 is 1.71 bits per heavy atom. The van der Waals surface area contributed by atoms with Crippen molar-refractivity contribution in [3.8, 4) is 0 Å². The Kier molecular flexibility index (Phi) is 6.22. The lowest BCUT2D eigenvalue weighted by Crippen LogP contribution is -2.15. The molecule has 0 aliphatic heterocycles. The highest BCUT2D eigenvalue weighted by atomic mass is 32.2. The average Bonchev–Trinajstić information content (AvgIpc) is 2.17. The Hall–Kier alpha value is -1.60. The first kappa shape index (κ1) is 15.4. The van der Waals surface area contributed by atoms with E-state index in [9.17, 15) is 8.42 Å². The van der Waals surface area contributed by atoms with Crippen LogP contribution in [0.5, 0.6) is 0 Å². The Labute approximate surface area is 100 Å². The van der Waals surface area contributed by atoms with Crippen molar-refractivity contribution in [2.45, 2.75) is 11.8 Å². The van der Waals surface area contributed by atoms with Crippen molar-refractivity contribution >= 4 is 15.9 Å². The van der Waals surface area contributed by atoms with Gasteiger partial charge in [0, 0.05) is 6.54 Å². The topological polar surface area (TPSA) is 123 Å². The first-order valence-electron chi connectivity index (χ1n) is 4.77. The first-order valence-corrected chi connectivity index (χ1v) is 6.42. The molecule has 0 bridgehead atoms. The van der Waals surface area contributed by atoms with Gasteiger partial charge in [-0.05, 0) is 19.1 Å². The standard InChI is InChI=1S/C9H13NO2S.CH3NO2/c1-8-2-4-9(5-3-8)13(11,12)7-6-10;2-1(3)4/h2-5H,6-7,10H2,1H3;2H2,(H,3,4). The van der Waals surface area contributed by atoms with Crippen molar-refractivity contribution in [3.05, 3.63) is 29.8 Å². The predicted octanol–water partition coefficient (Wildman–Crippen LogP) is 0.351. The molecule has 0 spiro atoms. The highest BCUT2D eigenvalue weighted by Crippen LogP contribution is 2.11. The molecule has 0 radical (unpaired) electrons. The molecule has 0 unspecified atom stereocenters. The summed E-state index contributed by atoms with van der Waals surface area (Å²) in [5.41, 5.74) is 10.3. The van der Waals surface area contributed by atoms with Crippen LogP contribution in [0.2, 0.25) is 0 Å². The molecule has 1 rings (SSSR count). The minimum absolute atomic E-state index is 0.00998. The van der Waals surface area contributed by atoms with Gasteiger partial charge in [0.2, 0.25) is 0 Å². The van der Waals surface area contributed by atoms with Crippen LogP contribution < -0.4 is 11.5 Å². The summed E-state index contributed by atoms with van der Waals surface area (Å²) >= 11 is 0. The van der Waals surface area contributed by atoms with Gasteiger partial charge in [0.25, 0.3) is 0 Å². The lowest BCUT2D eigenvalue weighted by Gasteiger charge is -2.02. The number of carbonyl (C=O) groups is 1. The second kappa shape index (κ2) is 6.87. The molecule has 1 aromatic carbocycles. The van der Waals surface area contributed by atoms with Gasteiger partial charge in [-0.25, -0.2) is 13.2 Å². The highest BCUT2D eigenvalue weighted by Gasteiger charge is 2.11. The number of benzene rings is 1. The van der Waals surface area contributed by atoms with E-state index in [1.165, 1.54) is 0 Å². The number of nitrogens with two attached hydrogens (primary N) is 2. The number of rotatable bonds is 3. The molecule has 0 saturated heterocycles.